The van der Waals surface area contributed by atoms with Gasteiger partial charge >= 0.3 is 5.97 Å². The zero-order valence-corrected chi connectivity index (χ0v) is 10.6. The van der Waals surface area contributed by atoms with Gasteiger partial charge in [0.15, 0.2) is 0 Å². The van der Waals surface area contributed by atoms with Crippen LogP contribution in [0.1, 0.15) is 12.8 Å². The van der Waals surface area contributed by atoms with Gasteiger partial charge in [0.05, 0.1) is 12.0 Å². The Balaban J connectivity index is 2.05. The molecule has 1 aliphatic rings. The number of anilines is 1. The minimum absolute atomic E-state index is 0.356. The van der Waals surface area contributed by atoms with Gasteiger partial charge in [0.25, 0.3) is 0 Å². The molecular weight excluding hydrogens is 284 g/mol. The standard InChI is InChI=1S/C12H11BrN2O2/c13-9-1-3-10(4-2-9)15-12(7-14)5-8(6-12)11(16)17/h1-4,8,15H,5-6H2,(H,16,17). The van der Waals surface area contributed by atoms with E-state index in [2.05, 4.69) is 27.3 Å². The molecule has 0 heterocycles. The molecule has 2 rings (SSSR count). The SMILES string of the molecule is N#CC1(Nc2ccc(Br)cc2)CC(C(=O)O)C1. The summed E-state index contributed by atoms with van der Waals surface area (Å²) in [4.78, 5) is 10.7. The van der Waals surface area contributed by atoms with Gasteiger partial charge < -0.3 is 10.4 Å². The lowest BCUT2D eigenvalue weighted by Crippen LogP contribution is -2.51. The van der Waals surface area contributed by atoms with Crippen LogP contribution in [0.15, 0.2) is 28.7 Å². The second-order valence-corrected chi connectivity index (χ2v) is 5.18. The van der Waals surface area contributed by atoms with Crippen LogP contribution < -0.4 is 5.32 Å². The Morgan fingerprint density at radius 2 is 2.06 bits per heavy atom. The summed E-state index contributed by atoms with van der Waals surface area (Å²) in [5.74, 6) is -1.23. The van der Waals surface area contributed by atoms with Crippen LogP contribution in [0.2, 0.25) is 0 Å². The normalized spacial score (nSPS) is 26.7. The number of rotatable bonds is 3. The highest BCUT2D eigenvalue weighted by Gasteiger charge is 2.48. The van der Waals surface area contributed by atoms with Crippen molar-refractivity contribution in [2.24, 2.45) is 5.92 Å². The van der Waals surface area contributed by atoms with Gasteiger partial charge in [0, 0.05) is 10.2 Å². The molecule has 5 heteroatoms. The topological polar surface area (TPSA) is 73.1 Å². The first-order valence-corrected chi connectivity index (χ1v) is 6.02. The number of nitrogens with zero attached hydrogens (tertiary/aromatic N) is 1. The molecule has 0 unspecified atom stereocenters. The summed E-state index contributed by atoms with van der Waals surface area (Å²) in [6.45, 7) is 0. The van der Waals surface area contributed by atoms with Crippen LogP contribution in [-0.4, -0.2) is 16.6 Å². The molecule has 1 aromatic rings. The Hall–Kier alpha value is -1.54. The second kappa shape index (κ2) is 4.38. The summed E-state index contributed by atoms with van der Waals surface area (Å²) in [7, 11) is 0. The van der Waals surface area contributed by atoms with Crippen LogP contribution in [0.4, 0.5) is 5.69 Å². The molecule has 17 heavy (non-hydrogen) atoms. The third-order valence-corrected chi connectivity index (χ3v) is 3.51. The number of aliphatic carboxylic acids is 1. The molecule has 0 radical (unpaired) electrons. The van der Waals surface area contributed by atoms with Crippen molar-refractivity contribution in [3.05, 3.63) is 28.7 Å². The van der Waals surface area contributed by atoms with Gasteiger partial charge in [0.1, 0.15) is 5.54 Å². The Morgan fingerprint density at radius 3 is 2.53 bits per heavy atom. The number of carboxylic acids is 1. The van der Waals surface area contributed by atoms with Crippen molar-refractivity contribution >= 4 is 27.6 Å². The molecule has 1 fully saturated rings. The van der Waals surface area contributed by atoms with Crippen LogP contribution >= 0.6 is 15.9 Å². The van der Waals surface area contributed by atoms with Crippen molar-refractivity contribution in [3.63, 3.8) is 0 Å². The summed E-state index contributed by atoms with van der Waals surface area (Å²) >= 11 is 3.33. The Morgan fingerprint density at radius 1 is 1.47 bits per heavy atom. The van der Waals surface area contributed by atoms with Crippen LogP contribution in [0, 0.1) is 17.2 Å². The molecule has 0 amide bonds. The average Bonchev–Trinajstić information content (AvgIpc) is 2.25. The average molecular weight is 295 g/mol. The number of carbonyl (C=O) groups is 1. The van der Waals surface area contributed by atoms with Crippen LogP contribution in [0.5, 0.6) is 0 Å². The maximum atomic E-state index is 10.7. The molecule has 4 nitrogen and oxygen atoms in total. The predicted molar refractivity (Wildman–Crippen MR) is 66.5 cm³/mol. The summed E-state index contributed by atoms with van der Waals surface area (Å²) in [6.07, 6.45) is 0.712. The highest BCUT2D eigenvalue weighted by molar-refractivity contribution is 9.10. The van der Waals surface area contributed by atoms with Gasteiger partial charge in [0.2, 0.25) is 0 Å². The van der Waals surface area contributed by atoms with Crippen LogP contribution in [0.3, 0.4) is 0 Å². The van der Waals surface area contributed by atoms with E-state index in [-0.39, 0.29) is 0 Å². The molecule has 1 aromatic carbocycles. The zero-order valence-electron chi connectivity index (χ0n) is 8.98. The molecule has 0 bridgehead atoms. The monoisotopic (exact) mass is 294 g/mol. The molecule has 1 saturated carbocycles. The molecular formula is C12H11BrN2O2. The highest BCUT2D eigenvalue weighted by Crippen LogP contribution is 2.40. The Labute approximate surface area is 107 Å². The van der Waals surface area contributed by atoms with E-state index in [1.54, 1.807) is 0 Å². The fourth-order valence-electron chi connectivity index (χ4n) is 1.99. The Bertz CT molecular complexity index is 472. The highest BCUT2D eigenvalue weighted by atomic mass is 79.9. The van der Waals surface area contributed by atoms with Crippen molar-refractivity contribution in [3.8, 4) is 6.07 Å². The maximum Gasteiger partial charge on any atom is 0.306 e. The first-order chi connectivity index (χ1) is 8.04. The largest absolute Gasteiger partial charge is 0.481 e. The number of hydrogen-bond donors (Lipinski definition) is 2. The minimum Gasteiger partial charge on any atom is -0.481 e. The predicted octanol–water partition coefficient (Wildman–Crippen LogP) is 2.62. The fourth-order valence-corrected chi connectivity index (χ4v) is 2.25. The Kier molecular flexibility index (Phi) is 3.07. The van der Waals surface area contributed by atoms with Crippen molar-refractivity contribution in [1.82, 2.24) is 0 Å². The molecule has 1 aliphatic carbocycles. The van der Waals surface area contributed by atoms with Crippen molar-refractivity contribution < 1.29 is 9.90 Å². The molecule has 0 saturated heterocycles. The number of nitriles is 1. The summed E-state index contributed by atoms with van der Waals surface area (Å²) < 4.78 is 0.964. The molecule has 0 aliphatic heterocycles. The van der Waals surface area contributed by atoms with Gasteiger partial charge in [-0.25, -0.2) is 0 Å². The van der Waals surface area contributed by atoms with E-state index in [1.165, 1.54) is 0 Å². The van der Waals surface area contributed by atoms with Crippen molar-refractivity contribution in [1.29, 1.82) is 5.26 Å². The van der Waals surface area contributed by atoms with E-state index in [9.17, 15) is 4.79 Å². The smallest absolute Gasteiger partial charge is 0.306 e. The van der Waals surface area contributed by atoms with Gasteiger partial charge in [-0.15, -0.1) is 0 Å². The van der Waals surface area contributed by atoms with E-state index in [0.29, 0.717) is 12.8 Å². The van der Waals surface area contributed by atoms with Crippen LogP contribution in [0.25, 0.3) is 0 Å². The summed E-state index contributed by atoms with van der Waals surface area (Å²) in [6, 6.07) is 9.65. The van der Waals surface area contributed by atoms with Gasteiger partial charge in [-0.3, -0.25) is 4.79 Å². The van der Waals surface area contributed by atoms with Gasteiger partial charge in [-0.2, -0.15) is 5.26 Å². The molecule has 0 spiro atoms. The minimum atomic E-state index is -0.825. The number of hydrogen-bond acceptors (Lipinski definition) is 3. The summed E-state index contributed by atoms with van der Waals surface area (Å²) in [5.41, 5.74) is 0.107. The number of benzene rings is 1. The van der Waals surface area contributed by atoms with E-state index in [0.717, 1.165) is 10.2 Å². The lowest BCUT2D eigenvalue weighted by Gasteiger charge is -2.41. The number of halogens is 1. The van der Waals surface area contributed by atoms with Crippen molar-refractivity contribution in [2.75, 3.05) is 5.32 Å². The maximum absolute atomic E-state index is 10.7. The van der Waals surface area contributed by atoms with Gasteiger partial charge in [-0.05, 0) is 37.1 Å². The van der Waals surface area contributed by atoms with E-state index in [4.69, 9.17) is 10.4 Å². The third kappa shape index (κ3) is 2.42. The quantitative estimate of drug-likeness (QED) is 0.899. The van der Waals surface area contributed by atoms with E-state index in [1.807, 2.05) is 24.3 Å². The first kappa shape index (κ1) is 11.9. The fraction of sp³-hybridized carbons (Fsp3) is 0.333. The van der Waals surface area contributed by atoms with E-state index < -0.39 is 17.4 Å². The molecule has 2 N–H and O–H groups in total. The number of nitrogens with one attached hydrogen (secondary N) is 1. The van der Waals surface area contributed by atoms with Crippen LogP contribution in [-0.2, 0) is 4.79 Å². The number of carboxylic acid groups (broad SMARTS) is 1. The molecule has 88 valence electrons. The lowest BCUT2D eigenvalue weighted by molar-refractivity contribution is -0.145. The van der Waals surface area contributed by atoms with Crippen molar-refractivity contribution in [2.45, 2.75) is 18.4 Å². The summed E-state index contributed by atoms with van der Waals surface area (Å²) in [5, 5.41) is 21.1. The molecule has 0 atom stereocenters. The third-order valence-electron chi connectivity index (χ3n) is 2.98. The molecule has 0 aromatic heterocycles. The van der Waals surface area contributed by atoms with Gasteiger partial charge in [-0.1, -0.05) is 15.9 Å². The lowest BCUT2D eigenvalue weighted by atomic mass is 9.69. The van der Waals surface area contributed by atoms with E-state index >= 15 is 0 Å². The zero-order chi connectivity index (χ0) is 12.5. The second-order valence-electron chi connectivity index (χ2n) is 4.27. The first-order valence-electron chi connectivity index (χ1n) is 5.22.